The van der Waals surface area contributed by atoms with Crippen molar-refractivity contribution < 1.29 is 0 Å². The van der Waals surface area contributed by atoms with E-state index in [0.717, 1.165) is 7.31 Å². The molecular weight excluding hydrogens is 83.7 g/mol. The van der Waals surface area contributed by atoms with Crippen LogP contribution in [0.25, 0.3) is 0 Å². The normalized spacial score (nSPS) is 8.71. The Balaban J connectivity index is 2.45. The number of rotatable bonds is 4. The maximum Gasteiger partial charge on any atom is 0.157 e. The van der Waals surface area contributed by atoms with Gasteiger partial charge in [0.05, 0.1) is 7.74 Å². The summed E-state index contributed by atoms with van der Waals surface area (Å²) in [5, 5.41) is 3.25. The van der Waals surface area contributed by atoms with Crippen LogP contribution in [0.2, 0.25) is 0 Å². The first-order valence-corrected chi connectivity index (χ1v) is 3.12. The Bertz CT molecular complexity index is 28.9. The van der Waals surface area contributed by atoms with E-state index < -0.39 is 0 Å². The van der Waals surface area contributed by atoms with E-state index in [-0.39, 0.29) is 0 Å². The van der Waals surface area contributed by atoms with Crippen molar-refractivity contribution in [2.75, 3.05) is 6.54 Å². The summed E-state index contributed by atoms with van der Waals surface area (Å²) < 4.78 is 0. The molecule has 0 saturated carbocycles. The highest BCUT2D eigenvalue weighted by atomic mass is 14.7. The standard InChI is InChI=1S/C4H13B2N/c1-2-3-4-7-6-5/h6-7H,2-5H2,1H3. The second-order valence-electron chi connectivity index (χ2n) is 1.71. The molecule has 0 heterocycles. The Morgan fingerprint density at radius 2 is 2.43 bits per heavy atom. The van der Waals surface area contributed by atoms with Gasteiger partial charge in [0.25, 0.3) is 0 Å². The van der Waals surface area contributed by atoms with Crippen molar-refractivity contribution in [3.05, 3.63) is 0 Å². The third-order valence-electron chi connectivity index (χ3n) is 0.957. The SMILES string of the molecule is BBNCCCC. The molecule has 0 rings (SSSR count). The fourth-order valence-electron chi connectivity index (χ4n) is 0.479. The van der Waals surface area contributed by atoms with E-state index in [2.05, 4.69) is 19.9 Å². The Hall–Kier alpha value is 0.0899. The average Bonchev–Trinajstić information content (AvgIpc) is 1.69. The quantitative estimate of drug-likeness (QED) is 0.360. The van der Waals surface area contributed by atoms with Gasteiger partial charge in [-0.3, -0.25) is 0 Å². The van der Waals surface area contributed by atoms with Gasteiger partial charge in [-0.1, -0.05) is 13.3 Å². The van der Waals surface area contributed by atoms with Crippen LogP contribution in [-0.2, 0) is 0 Å². The summed E-state index contributed by atoms with van der Waals surface area (Å²) in [6.45, 7) is 3.39. The van der Waals surface area contributed by atoms with Crippen LogP contribution in [0, 0.1) is 0 Å². The molecule has 0 atom stereocenters. The maximum atomic E-state index is 3.25. The minimum absolute atomic E-state index is 1.11. The van der Waals surface area contributed by atoms with Gasteiger partial charge in [0.2, 0.25) is 0 Å². The van der Waals surface area contributed by atoms with Gasteiger partial charge in [-0.2, -0.15) is 0 Å². The van der Waals surface area contributed by atoms with Crippen LogP contribution in [0.3, 0.4) is 0 Å². The molecule has 0 aliphatic rings. The lowest BCUT2D eigenvalue weighted by Crippen LogP contribution is -2.19. The molecule has 0 bridgehead atoms. The lowest BCUT2D eigenvalue weighted by Gasteiger charge is -1.94. The Morgan fingerprint density at radius 1 is 1.71 bits per heavy atom. The summed E-state index contributed by atoms with van der Waals surface area (Å²) in [7, 11) is 3.25. The summed E-state index contributed by atoms with van der Waals surface area (Å²) in [5.74, 6) is 0. The van der Waals surface area contributed by atoms with Gasteiger partial charge in [-0.15, -0.1) is 0 Å². The van der Waals surface area contributed by atoms with E-state index in [1.54, 1.807) is 0 Å². The van der Waals surface area contributed by atoms with Crippen molar-refractivity contribution in [1.82, 2.24) is 5.23 Å². The van der Waals surface area contributed by atoms with E-state index >= 15 is 0 Å². The lowest BCUT2D eigenvalue weighted by molar-refractivity contribution is 0.769. The van der Waals surface area contributed by atoms with Crippen LogP contribution in [-0.4, -0.2) is 21.6 Å². The molecular formula is C4H13B2N. The summed E-state index contributed by atoms with van der Waals surface area (Å²) in [6, 6.07) is 0. The molecule has 0 spiro atoms. The zero-order valence-corrected chi connectivity index (χ0v) is 5.33. The molecule has 0 radical (unpaired) electrons. The highest BCUT2D eigenvalue weighted by molar-refractivity contribution is 6.87. The highest BCUT2D eigenvalue weighted by Crippen LogP contribution is 1.79. The van der Waals surface area contributed by atoms with E-state index in [1.165, 1.54) is 19.4 Å². The minimum atomic E-state index is 1.11. The molecule has 0 aliphatic heterocycles. The first-order chi connectivity index (χ1) is 3.41. The second kappa shape index (κ2) is 6.09. The first-order valence-electron chi connectivity index (χ1n) is 3.12. The van der Waals surface area contributed by atoms with Crippen molar-refractivity contribution in [2.45, 2.75) is 19.8 Å². The molecule has 0 aromatic carbocycles. The van der Waals surface area contributed by atoms with Gasteiger partial charge in [-0.05, 0) is 13.0 Å². The van der Waals surface area contributed by atoms with Crippen molar-refractivity contribution in [3.63, 3.8) is 0 Å². The van der Waals surface area contributed by atoms with Gasteiger partial charge in [-0.25, -0.2) is 0 Å². The van der Waals surface area contributed by atoms with Gasteiger partial charge < -0.3 is 5.23 Å². The molecule has 0 unspecified atom stereocenters. The summed E-state index contributed by atoms with van der Waals surface area (Å²) in [4.78, 5) is 0. The lowest BCUT2D eigenvalue weighted by atomic mass is 9.67. The van der Waals surface area contributed by atoms with Crippen LogP contribution in [0.1, 0.15) is 19.8 Å². The van der Waals surface area contributed by atoms with Crippen LogP contribution in [0.5, 0.6) is 0 Å². The largest absolute Gasteiger partial charge is 0.366 e. The zero-order valence-electron chi connectivity index (χ0n) is 5.33. The molecule has 0 fully saturated rings. The van der Waals surface area contributed by atoms with E-state index in [9.17, 15) is 0 Å². The predicted molar refractivity (Wildman–Crippen MR) is 38.6 cm³/mol. The monoisotopic (exact) mass is 97.1 g/mol. The number of unbranched alkanes of at least 4 members (excludes halogenated alkanes) is 1. The number of hydrogen-bond donors (Lipinski definition) is 1. The van der Waals surface area contributed by atoms with E-state index in [4.69, 9.17) is 0 Å². The topological polar surface area (TPSA) is 12.0 Å². The smallest absolute Gasteiger partial charge is 0.157 e. The zero-order chi connectivity index (χ0) is 5.54. The van der Waals surface area contributed by atoms with Gasteiger partial charge >= 0.3 is 0 Å². The Labute approximate surface area is 47.5 Å². The van der Waals surface area contributed by atoms with Crippen LogP contribution >= 0.6 is 0 Å². The third kappa shape index (κ3) is 6.09. The highest BCUT2D eigenvalue weighted by Gasteiger charge is 1.79. The molecule has 0 amide bonds. The van der Waals surface area contributed by atoms with Gasteiger partial charge in [0.1, 0.15) is 0 Å². The van der Waals surface area contributed by atoms with Crippen molar-refractivity contribution in [1.29, 1.82) is 0 Å². The van der Waals surface area contributed by atoms with Gasteiger partial charge in [0, 0.05) is 0 Å². The first kappa shape index (κ1) is 7.09. The van der Waals surface area contributed by atoms with Crippen LogP contribution in [0.4, 0.5) is 0 Å². The predicted octanol–water partition coefficient (Wildman–Crippen LogP) is -0.724. The van der Waals surface area contributed by atoms with Crippen molar-refractivity contribution in [2.24, 2.45) is 0 Å². The van der Waals surface area contributed by atoms with E-state index in [0.29, 0.717) is 0 Å². The molecule has 0 aromatic heterocycles. The molecule has 1 nitrogen and oxygen atoms in total. The average molecular weight is 96.8 g/mol. The molecule has 0 aromatic rings. The molecule has 0 saturated heterocycles. The fraction of sp³-hybridized carbons (Fsp3) is 1.00. The maximum absolute atomic E-state index is 3.25. The summed E-state index contributed by atoms with van der Waals surface area (Å²) >= 11 is 0. The summed E-state index contributed by atoms with van der Waals surface area (Å²) in [5.41, 5.74) is 0. The molecule has 3 heteroatoms. The third-order valence-corrected chi connectivity index (χ3v) is 0.957. The molecule has 40 valence electrons. The summed E-state index contributed by atoms with van der Waals surface area (Å²) in [6.07, 6.45) is 2.61. The Kier molecular flexibility index (Phi) is 6.17. The van der Waals surface area contributed by atoms with Crippen molar-refractivity contribution in [3.8, 4) is 0 Å². The fourth-order valence-corrected chi connectivity index (χ4v) is 0.479. The number of hydrogen-bond acceptors (Lipinski definition) is 1. The van der Waals surface area contributed by atoms with E-state index in [1.807, 2.05) is 0 Å². The second-order valence-corrected chi connectivity index (χ2v) is 1.71. The number of nitrogens with one attached hydrogen (secondary N) is 1. The minimum Gasteiger partial charge on any atom is -0.366 e. The molecule has 1 N–H and O–H groups in total. The van der Waals surface area contributed by atoms with Crippen molar-refractivity contribution >= 4 is 15.0 Å². The van der Waals surface area contributed by atoms with Crippen LogP contribution in [0.15, 0.2) is 0 Å². The molecule has 0 aliphatic carbocycles. The van der Waals surface area contributed by atoms with Gasteiger partial charge in [0.15, 0.2) is 7.31 Å². The Morgan fingerprint density at radius 3 is 2.86 bits per heavy atom. The van der Waals surface area contributed by atoms with Crippen LogP contribution < -0.4 is 5.23 Å². The molecule has 7 heavy (non-hydrogen) atoms.